The molecule has 0 aliphatic carbocycles. The summed E-state index contributed by atoms with van der Waals surface area (Å²) in [6.07, 6.45) is 3.03. The maximum Gasteiger partial charge on any atom is 0.312 e. The fraction of sp³-hybridized carbons (Fsp3) is 0.286. The van der Waals surface area contributed by atoms with Gasteiger partial charge in [-0.1, -0.05) is 0 Å². The molecule has 0 aliphatic heterocycles. The number of amides is 2. The van der Waals surface area contributed by atoms with Crippen LogP contribution < -0.4 is 22.1 Å². The molecule has 76 valence electrons. The van der Waals surface area contributed by atoms with Gasteiger partial charge in [0.2, 0.25) is 0 Å². The quantitative estimate of drug-likeness (QED) is 0.467. The molecule has 0 aromatic carbocycles. The number of nitrogens with two attached hydrogens (primary N) is 2. The lowest BCUT2D eigenvalue weighted by atomic mass is 10.5. The van der Waals surface area contributed by atoms with Crippen LogP contribution in [0, 0.1) is 0 Å². The molecule has 7 heteroatoms. The molecular weight excluding hydrogens is 184 g/mol. The Balaban J connectivity index is 2.31. The molecule has 7 nitrogen and oxygen atoms in total. The van der Waals surface area contributed by atoms with E-state index in [1.165, 1.54) is 12.4 Å². The molecule has 1 aromatic heterocycles. The third-order valence-electron chi connectivity index (χ3n) is 1.44. The van der Waals surface area contributed by atoms with E-state index in [9.17, 15) is 4.79 Å². The number of urea groups is 1. The molecule has 0 fully saturated rings. The molecule has 0 saturated heterocycles. The van der Waals surface area contributed by atoms with Crippen LogP contribution >= 0.6 is 0 Å². The first-order valence-electron chi connectivity index (χ1n) is 4.04. The largest absolute Gasteiger partial charge is 0.381 e. The van der Waals surface area contributed by atoms with Crippen LogP contribution in [0.4, 0.5) is 16.4 Å². The average molecular weight is 196 g/mol. The predicted molar refractivity (Wildman–Crippen MR) is 52.5 cm³/mol. The van der Waals surface area contributed by atoms with E-state index in [1.54, 1.807) is 0 Å². The molecule has 0 radical (unpaired) electrons. The molecule has 1 rings (SSSR count). The smallest absolute Gasteiger partial charge is 0.312 e. The number of rotatable bonds is 4. The minimum Gasteiger partial charge on any atom is -0.381 e. The lowest BCUT2D eigenvalue weighted by molar-refractivity contribution is 0.249. The Kier molecular flexibility index (Phi) is 3.48. The van der Waals surface area contributed by atoms with Gasteiger partial charge in [-0.2, -0.15) is 0 Å². The summed E-state index contributed by atoms with van der Waals surface area (Å²) < 4.78 is 0. The summed E-state index contributed by atoms with van der Waals surface area (Å²) in [4.78, 5) is 18.1. The van der Waals surface area contributed by atoms with Crippen LogP contribution in [0.5, 0.6) is 0 Å². The molecule has 0 aliphatic rings. The number of anilines is 2. The first kappa shape index (κ1) is 10.0. The standard InChI is InChI=1S/C7H12N6O/c8-5-6(11-2-1-10-5)12-3-4-13-7(9)14/h1-2H,3-4H2,(H2,8,10)(H,11,12)(H3,9,13,14). The van der Waals surface area contributed by atoms with Crippen LogP contribution in [0.1, 0.15) is 0 Å². The highest BCUT2D eigenvalue weighted by molar-refractivity contribution is 5.71. The fourth-order valence-electron chi connectivity index (χ4n) is 0.852. The first-order valence-corrected chi connectivity index (χ1v) is 4.04. The van der Waals surface area contributed by atoms with Gasteiger partial charge in [0.05, 0.1) is 0 Å². The van der Waals surface area contributed by atoms with E-state index in [4.69, 9.17) is 11.5 Å². The highest BCUT2D eigenvalue weighted by Crippen LogP contribution is 2.07. The normalized spacial score (nSPS) is 9.43. The summed E-state index contributed by atoms with van der Waals surface area (Å²) in [5.74, 6) is 0.824. The molecular formula is C7H12N6O. The van der Waals surface area contributed by atoms with E-state index in [0.717, 1.165) is 0 Å². The molecule has 6 N–H and O–H groups in total. The highest BCUT2D eigenvalue weighted by atomic mass is 16.2. The van der Waals surface area contributed by atoms with E-state index in [1.807, 2.05) is 0 Å². The number of aromatic nitrogens is 2. The lowest BCUT2D eigenvalue weighted by Gasteiger charge is -2.06. The van der Waals surface area contributed by atoms with Crippen molar-refractivity contribution in [3.05, 3.63) is 12.4 Å². The molecule has 14 heavy (non-hydrogen) atoms. The minimum atomic E-state index is -0.557. The van der Waals surface area contributed by atoms with Crippen molar-refractivity contribution in [1.82, 2.24) is 15.3 Å². The highest BCUT2D eigenvalue weighted by Gasteiger charge is 1.98. The van der Waals surface area contributed by atoms with Crippen LogP contribution in [0.3, 0.4) is 0 Å². The van der Waals surface area contributed by atoms with Crippen molar-refractivity contribution in [3.8, 4) is 0 Å². The number of nitrogen functional groups attached to an aromatic ring is 1. The Morgan fingerprint density at radius 2 is 2.07 bits per heavy atom. The number of nitrogens with zero attached hydrogens (tertiary/aromatic N) is 2. The molecule has 0 saturated carbocycles. The zero-order valence-electron chi connectivity index (χ0n) is 7.53. The predicted octanol–water partition coefficient (Wildman–Crippen LogP) is -0.861. The van der Waals surface area contributed by atoms with E-state index in [-0.39, 0.29) is 0 Å². The first-order chi connectivity index (χ1) is 6.70. The summed E-state index contributed by atoms with van der Waals surface area (Å²) in [5.41, 5.74) is 10.4. The van der Waals surface area contributed by atoms with Gasteiger partial charge in [0.15, 0.2) is 11.6 Å². The van der Waals surface area contributed by atoms with Crippen molar-refractivity contribution in [1.29, 1.82) is 0 Å². The second kappa shape index (κ2) is 4.85. The number of carbonyl (C=O) groups is 1. The summed E-state index contributed by atoms with van der Waals surface area (Å²) in [5, 5.41) is 5.32. The molecule has 1 heterocycles. The maximum atomic E-state index is 10.3. The number of carbonyl (C=O) groups excluding carboxylic acids is 1. The Morgan fingerprint density at radius 3 is 2.71 bits per heavy atom. The van der Waals surface area contributed by atoms with Crippen LogP contribution in [0.25, 0.3) is 0 Å². The van der Waals surface area contributed by atoms with E-state index in [2.05, 4.69) is 20.6 Å². The zero-order valence-corrected chi connectivity index (χ0v) is 7.53. The summed E-state index contributed by atoms with van der Waals surface area (Å²) >= 11 is 0. The molecule has 2 amide bonds. The van der Waals surface area contributed by atoms with Gasteiger partial charge in [-0.25, -0.2) is 14.8 Å². The average Bonchev–Trinajstić information content (AvgIpc) is 2.15. The van der Waals surface area contributed by atoms with Gasteiger partial charge < -0.3 is 22.1 Å². The maximum absolute atomic E-state index is 10.3. The van der Waals surface area contributed by atoms with E-state index in [0.29, 0.717) is 24.7 Å². The Morgan fingerprint density at radius 1 is 1.36 bits per heavy atom. The Labute approximate surface area is 80.9 Å². The summed E-state index contributed by atoms with van der Waals surface area (Å²) in [6.45, 7) is 0.900. The number of nitrogens with one attached hydrogen (secondary N) is 2. The van der Waals surface area contributed by atoms with Crippen molar-refractivity contribution < 1.29 is 4.79 Å². The molecule has 1 aromatic rings. The zero-order chi connectivity index (χ0) is 10.4. The number of hydrogen-bond acceptors (Lipinski definition) is 5. The second-order valence-electron chi connectivity index (χ2n) is 2.51. The van der Waals surface area contributed by atoms with E-state index < -0.39 is 6.03 Å². The van der Waals surface area contributed by atoms with Gasteiger partial charge in [-0.3, -0.25) is 0 Å². The van der Waals surface area contributed by atoms with Gasteiger partial charge in [0, 0.05) is 25.5 Å². The van der Waals surface area contributed by atoms with Crippen LogP contribution in [0.2, 0.25) is 0 Å². The van der Waals surface area contributed by atoms with Gasteiger partial charge in [-0.05, 0) is 0 Å². The fourth-order valence-corrected chi connectivity index (χ4v) is 0.852. The van der Waals surface area contributed by atoms with Crippen molar-refractivity contribution >= 4 is 17.7 Å². The molecule has 0 spiro atoms. The lowest BCUT2D eigenvalue weighted by Crippen LogP contribution is -2.33. The topological polar surface area (TPSA) is 119 Å². The number of primary amides is 1. The van der Waals surface area contributed by atoms with Gasteiger partial charge in [-0.15, -0.1) is 0 Å². The minimum absolute atomic E-state index is 0.326. The summed E-state index contributed by atoms with van der Waals surface area (Å²) in [6, 6.07) is -0.557. The van der Waals surface area contributed by atoms with Crippen molar-refractivity contribution in [2.24, 2.45) is 5.73 Å². The van der Waals surface area contributed by atoms with Gasteiger partial charge in [0.1, 0.15) is 0 Å². The SMILES string of the molecule is NC(=O)NCCNc1nccnc1N. The summed E-state index contributed by atoms with van der Waals surface area (Å²) in [7, 11) is 0. The van der Waals surface area contributed by atoms with Crippen molar-refractivity contribution in [3.63, 3.8) is 0 Å². The van der Waals surface area contributed by atoms with Crippen molar-refractivity contribution in [2.75, 3.05) is 24.1 Å². The van der Waals surface area contributed by atoms with Crippen molar-refractivity contribution in [2.45, 2.75) is 0 Å². The van der Waals surface area contributed by atoms with Crippen LogP contribution in [0.15, 0.2) is 12.4 Å². The van der Waals surface area contributed by atoms with Crippen LogP contribution in [-0.2, 0) is 0 Å². The Hall–Kier alpha value is -2.05. The van der Waals surface area contributed by atoms with Gasteiger partial charge >= 0.3 is 6.03 Å². The van der Waals surface area contributed by atoms with Crippen LogP contribution in [-0.4, -0.2) is 29.1 Å². The monoisotopic (exact) mass is 196 g/mol. The molecule has 0 unspecified atom stereocenters. The third-order valence-corrected chi connectivity index (χ3v) is 1.44. The molecule has 0 bridgehead atoms. The molecule has 0 atom stereocenters. The third kappa shape index (κ3) is 3.13. The van der Waals surface area contributed by atoms with Gasteiger partial charge in [0.25, 0.3) is 0 Å². The second-order valence-corrected chi connectivity index (χ2v) is 2.51. The Bertz CT molecular complexity index is 315. The number of hydrogen-bond donors (Lipinski definition) is 4. The van der Waals surface area contributed by atoms with E-state index >= 15 is 0 Å².